The summed E-state index contributed by atoms with van der Waals surface area (Å²) in [5, 5.41) is 14.9. The van der Waals surface area contributed by atoms with Gasteiger partial charge in [0.2, 0.25) is 5.82 Å². The molecule has 0 N–H and O–H groups in total. The quantitative estimate of drug-likeness (QED) is 0.380. The maximum Gasteiger partial charge on any atom is 0.310 e. The molecule has 0 atom stereocenters. The van der Waals surface area contributed by atoms with E-state index >= 15 is 0 Å². The van der Waals surface area contributed by atoms with Crippen molar-refractivity contribution in [3.8, 4) is 22.8 Å². The molecule has 0 bridgehead atoms. The Morgan fingerprint density at radius 1 is 1.04 bits per heavy atom. The van der Waals surface area contributed by atoms with Gasteiger partial charge in [0.25, 0.3) is 5.89 Å². The molecule has 8 nitrogen and oxygen atoms in total. The van der Waals surface area contributed by atoms with Crippen LogP contribution in [-0.4, -0.2) is 19.6 Å². The van der Waals surface area contributed by atoms with Crippen molar-refractivity contribution in [2.24, 2.45) is 0 Å². The van der Waals surface area contributed by atoms with Gasteiger partial charge in [-0.05, 0) is 42.5 Å². The molecule has 0 aliphatic rings. The third-order valence-electron chi connectivity index (χ3n) is 3.91. The molecule has 0 fully saturated rings. The monoisotopic (exact) mass is 362 g/mol. The fourth-order valence-electron chi connectivity index (χ4n) is 2.59. The fourth-order valence-corrected chi connectivity index (χ4v) is 2.59. The highest BCUT2D eigenvalue weighted by atomic mass is 16.6. The molecule has 0 aliphatic carbocycles. The zero-order valence-electron chi connectivity index (χ0n) is 14.1. The Morgan fingerprint density at radius 3 is 2.52 bits per heavy atom. The molecule has 2 aromatic heterocycles. The van der Waals surface area contributed by atoms with Crippen LogP contribution in [0.5, 0.6) is 5.75 Å². The lowest BCUT2D eigenvalue weighted by atomic mass is 10.2. The van der Waals surface area contributed by atoms with Crippen molar-refractivity contribution in [3.05, 3.63) is 89.1 Å². The molecule has 2 heterocycles. The minimum absolute atomic E-state index is 0.0562. The largest absolute Gasteiger partial charge is 0.477 e. The van der Waals surface area contributed by atoms with Crippen LogP contribution in [0.3, 0.4) is 0 Å². The average Bonchev–Trinajstić information content (AvgIpc) is 3.39. The van der Waals surface area contributed by atoms with Gasteiger partial charge in [0.1, 0.15) is 0 Å². The number of benzene rings is 2. The Kier molecular flexibility index (Phi) is 4.36. The number of rotatable bonds is 6. The van der Waals surface area contributed by atoms with Crippen molar-refractivity contribution < 1.29 is 14.2 Å². The highest BCUT2D eigenvalue weighted by Crippen LogP contribution is 2.27. The summed E-state index contributed by atoms with van der Waals surface area (Å²) in [5.41, 5.74) is 1.71. The first-order valence-electron chi connectivity index (χ1n) is 8.13. The van der Waals surface area contributed by atoms with Gasteiger partial charge >= 0.3 is 5.69 Å². The van der Waals surface area contributed by atoms with Crippen LogP contribution in [0, 0.1) is 10.1 Å². The molecule has 0 aliphatic heterocycles. The Bertz CT molecular complexity index is 1060. The van der Waals surface area contributed by atoms with Gasteiger partial charge in [0.05, 0.1) is 4.92 Å². The number of hydrogen-bond acceptors (Lipinski definition) is 6. The normalized spacial score (nSPS) is 10.7. The van der Waals surface area contributed by atoms with E-state index < -0.39 is 4.92 Å². The van der Waals surface area contributed by atoms with E-state index in [1.165, 1.54) is 12.1 Å². The molecule has 0 unspecified atom stereocenters. The molecular formula is C19H14N4O4. The Labute approximate surface area is 153 Å². The van der Waals surface area contributed by atoms with Crippen molar-refractivity contribution in [3.63, 3.8) is 0 Å². The molecule has 27 heavy (non-hydrogen) atoms. The molecule has 134 valence electrons. The molecule has 4 aromatic rings. The van der Waals surface area contributed by atoms with Crippen LogP contribution < -0.4 is 4.74 Å². The summed E-state index contributed by atoms with van der Waals surface area (Å²) in [4.78, 5) is 14.8. The molecular weight excluding hydrogens is 348 g/mol. The Morgan fingerprint density at radius 2 is 1.78 bits per heavy atom. The smallest absolute Gasteiger partial charge is 0.310 e. The number of para-hydroxylation sites is 2. The zero-order chi connectivity index (χ0) is 18.6. The molecule has 0 saturated heterocycles. The third kappa shape index (κ3) is 3.54. The Balaban J connectivity index is 1.47. The van der Waals surface area contributed by atoms with Gasteiger partial charge in [-0.2, -0.15) is 4.98 Å². The van der Waals surface area contributed by atoms with Gasteiger partial charge in [-0.3, -0.25) is 10.1 Å². The summed E-state index contributed by atoms with van der Waals surface area (Å²) in [6.45, 7) is -0.0562. The van der Waals surface area contributed by atoms with E-state index in [4.69, 9.17) is 9.26 Å². The van der Waals surface area contributed by atoms with Crippen LogP contribution in [0.2, 0.25) is 0 Å². The zero-order valence-corrected chi connectivity index (χ0v) is 14.1. The number of nitro benzene ring substituents is 1. The predicted molar refractivity (Wildman–Crippen MR) is 96.5 cm³/mol. The van der Waals surface area contributed by atoms with Gasteiger partial charge in [0.15, 0.2) is 12.4 Å². The van der Waals surface area contributed by atoms with Crippen molar-refractivity contribution in [1.29, 1.82) is 0 Å². The fraction of sp³-hybridized carbons (Fsp3) is 0.0526. The SMILES string of the molecule is O=[N+]([O-])c1ccccc1OCc1nc(-c2ccc(-n3cccc3)cc2)no1. The number of hydrogen-bond donors (Lipinski definition) is 0. The minimum Gasteiger partial charge on any atom is -0.477 e. The minimum atomic E-state index is -0.499. The van der Waals surface area contributed by atoms with Crippen molar-refractivity contribution in [2.75, 3.05) is 0 Å². The standard InChI is InChI=1S/C19H14N4O4/c24-23(25)16-5-1-2-6-17(16)26-13-18-20-19(21-27-18)14-7-9-15(10-8-14)22-11-3-4-12-22/h1-12H,13H2. The maximum atomic E-state index is 11.0. The summed E-state index contributed by atoms with van der Waals surface area (Å²) < 4.78 is 12.6. The van der Waals surface area contributed by atoms with E-state index in [0.717, 1.165) is 11.3 Å². The molecule has 8 heteroatoms. The topological polar surface area (TPSA) is 96.2 Å². The second kappa shape index (κ2) is 7.12. The van der Waals surface area contributed by atoms with E-state index in [9.17, 15) is 10.1 Å². The summed E-state index contributed by atoms with van der Waals surface area (Å²) in [5.74, 6) is 0.811. The lowest BCUT2D eigenvalue weighted by molar-refractivity contribution is -0.386. The molecule has 2 aromatic carbocycles. The predicted octanol–water partition coefficient (Wildman–Crippen LogP) is 4.01. The summed E-state index contributed by atoms with van der Waals surface area (Å²) in [6.07, 6.45) is 3.92. The van der Waals surface area contributed by atoms with E-state index in [2.05, 4.69) is 10.1 Å². The van der Waals surface area contributed by atoms with Crippen molar-refractivity contribution in [1.82, 2.24) is 14.7 Å². The van der Waals surface area contributed by atoms with Gasteiger partial charge in [-0.25, -0.2) is 0 Å². The van der Waals surface area contributed by atoms with Crippen LogP contribution >= 0.6 is 0 Å². The summed E-state index contributed by atoms with van der Waals surface area (Å²) in [7, 11) is 0. The lowest BCUT2D eigenvalue weighted by Crippen LogP contribution is -1.99. The van der Waals surface area contributed by atoms with E-state index in [1.54, 1.807) is 12.1 Å². The number of ether oxygens (including phenoxy) is 1. The van der Waals surface area contributed by atoms with Crippen LogP contribution in [0.1, 0.15) is 5.89 Å². The van der Waals surface area contributed by atoms with Crippen molar-refractivity contribution >= 4 is 5.69 Å². The van der Waals surface area contributed by atoms with E-state index in [1.807, 2.05) is 53.4 Å². The van der Waals surface area contributed by atoms with Gasteiger partial charge in [-0.1, -0.05) is 17.3 Å². The van der Waals surface area contributed by atoms with Crippen LogP contribution in [0.4, 0.5) is 5.69 Å². The number of nitro groups is 1. The highest BCUT2D eigenvalue weighted by molar-refractivity contribution is 5.56. The first-order valence-corrected chi connectivity index (χ1v) is 8.13. The van der Waals surface area contributed by atoms with Crippen LogP contribution in [0.25, 0.3) is 17.1 Å². The molecule has 0 saturated carbocycles. The average molecular weight is 362 g/mol. The van der Waals surface area contributed by atoms with Crippen LogP contribution in [-0.2, 0) is 6.61 Å². The van der Waals surface area contributed by atoms with Crippen LogP contribution in [0.15, 0.2) is 77.6 Å². The Hall–Kier alpha value is -3.94. The van der Waals surface area contributed by atoms with Gasteiger partial charge < -0.3 is 13.8 Å². The second-order valence-corrected chi connectivity index (χ2v) is 5.66. The maximum absolute atomic E-state index is 11.0. The second-order valence-electron chi connectivity index (χ2n) is 5.66. The molecule has 4 rings (SSSR count). The molecule has 0 radical (unpaired) electrons. The summed E-state index contributed by atoms with van der Waals surface area (Å²) >= 11 is 0. The molecule has 0 spiro atoms. The highest BCUT2D eigenvalue weighted by Gasteiger charge is 2.15. The van der Waals surface area contributed by atoms with Gasteiger partial charge in [0, 0.05) is 29.7 Å². The first kappa shape index (κ1) is 16.5. The van der Waals surface area contributed by atoms with E-state index in [0.29, 0.717) is 5.82 Å². The first-order chi connectivity index (χ1) is 13.2. The van der Waals surface area contributed by atoms with Crippen molar-refractivity contribution in [2.45, 2.75) is 6.61 Å². The van der Waals surface area contributed by atoms with Gasteiger partial charge in [-0.15, -0.1) is 0 Å². The molecule has 0 amide bonds. The van der Waals surface area contributed by atoms with E-state index in [-0.39, 0.29) is 23.9 Å². The number of aromatic nitrogens is 3. The number of nitrogens with zero attached hydrogens (tertiary/aromatic N) is 4. The third-order valence-corrected chi connectivity index (χ3v) is 3.91. The lowest BCUT2D eigenvalue weighted by Gasteiger charge is -2.03. The summed E-state index contributed by atoms with van der Waals surface area (Å²) in [6, 6.07) is 17.7.